The number of rotatable bonds is 4. The molecule has 2 rings (SSSR count). The number of aryl methyl sites for hydroxylation is 1. The van der Waals surface area contributed by atoms with Crippen LogP contribution in [-0.4, -0.2) is 20.5 Å². The molecule has 0 saturated heterocycles. The Bertz CT molecular complexity index is 624. The van der Waals surface area contributed by atoms with Crippen molar-refractivity contribution >= 4 is 40.3 Å². The van der Waals surface area contributed by atoms with Crippen LogP contribution in [0.25, 0.3) is 0 Å². The van der Waals surface area contributed by atoms with E-state index in [1.807, 2.05) is 19.1 Å². The number of nitrogens with two attached hydrogens (primary N) is 1. The molecule has 3 N–H and O–H groups in total. The second kappa shape index (κ2) is 5.85. The van der Waals surface area contributed by atoms with Gasteiger partial charge < -0.3 is 11.1 Å². The lowest BCUT2D eigenvalue weighted by molar-refractivity contribution is 0.102. The molecule has 19 heavy (non-hydrogen) atoms. The molecule has 0 saturated carbocycles. The molecule has 1 aromatic carbocycles. The van der Waals surface area contributed by atoms with E-state index < -0.39 is 0 Å². The lowest BCUT2D eigenvalue weighted by atomic mass is 10.1. The maximum Gasteiger partial charge on any atom is 0.269 e. The van der Waals surface area contributed by atoms with Gasteiger partial charge in [-0.15, -0.1) is 5.10 Å². The fourth-order valence-corrected chi connectivity index (χ4v) is 2.42. The SMILES string of the molecule is CCc1nnsc1C(=O)Nc1ccccc1C(N)=S. The number of para-hydroxylation sites is 1. The van der Waals surface area contributed by atoms with Crippen molar-refractivity contribution < 1.29 is 4.79 Å². The van der Waals surface area contributed by atoms with Gasteiger partial charge in [0, 0.05) is 5.56 Å². The molecule has 1 aromatic heterocycles. The lowest BCUT2D eigenvalue weighted by Crippen LogP contribution is -2.17. The number of carbonyl (C=O) groups excluding carboxylic acids is 1. The summed E-state index contributed by atoms with van der Waals surface area (Å²) in [7, 11) is 0. The molecular formula is C12H12N4OS2. The highest BCUT2D eigenvalue weighted by Crippen LogP contribution is 2.18. The summed E-state index contributed by atoms with van der Waals surface area (Å²) in [5, 5.41) is 6.71. The number of nitrogens with zero attached hydrogens (tertiary/aromatic N) is 2. The largest absolute Gasteiger partial charge is 0.389 e. The molecule has 0 radical (unpaired) electrons. The summed E-state index contributed by atoms with van der Waals surface area (Å²) >= 11 is 6.03. The van der Waals surface area contributed by atoms with Crippen molar-refractivity contribution in [1.82, 2.24) is 9.59 Å². The quantitative estimate of drug-likeness (QED) is 0.842. The Morgan fingerprint density at radius 3 is 2.89 bits per heavy atom. The second-order valence-electron chi connectivity index (χ2n) is 3.77. The van der Waals surface area contributed by atoms with Crippen LogP contribution in [0.15, 0.2) is 24.3 Å². The van der Waals surface area contributed by atoms with Crippen molar-refractivity contribution in [2.75, 3.05) is 5.32 Å². The molecule has 0 unspecified atom stereocenters. The van der Waals surface area contributed by atoms with Crippen LogP contribution in [0.4, 0.5) is 5.69 Å². The first kappa shape index (κ1) is 13.6. The van der Waals surface area contributed by atoms with Gasteiger partial charge in [0.2, 0.25) is 0 Å². The summed E-state index contributed by atoms with van der Waals surface area (Å²) in [5.74, 6) is -0.240. The zero-order valence-electron chi connectivity index (χ0n) is 10.2. The minimum atomic E-state index is -0.240. The van der Waals surface area contributed by atoms with E-state index in [1.165, 1.54) is 0 Å². The standard InChI is InChI=1S/C12H12N4OS2/c1-2-8-10(19-16-15-8)12(17)14-9-6-4-3-5-7(9)11(13)18/h3-6H,2H2,1H3,(H2,13,18)(H,14,17). The molecule has 0 aliphatic heterocycles. The van der Waals surface area contributed by atoms with Crippen LogP contribution in [0.1, 0.15) is 27.9 Å². The van der Waals surface area contributed by atoms with Crippen LogP contribution < -0.4 is 11.1 Å². The number of nitrogens with one attached hydrogen (secondary N) is 1. The molecule has 5 nitrogen and oxygen atoms in total. The van der Waals surface area contributed by atoms with E-state index >= 15 is 0 Å². The van der Waals surface area contributed by atoms with Gasteiger partial charge in [0.15, 0.2) is 0 Å². The van der Waals surface area contributed by atoms with Crippen molar-refractivity contribution in [3.05, 3.63) is 40.4 Å². The van der Waals surface area contributed by atoms with Crippen LogP contribution in [-0.2, 0) is 6.42 Å². The number of anilines is 1. The third kappa shape index (κ3) is 2.94. The number of hydrogen-bond donors (Lipinski definition) is 2. The molecule has 0 aliphatic rings. The summed E-state index contributed by atoms with van der Waals surface area (Å²) in [6.07, 6.45) is 0.663. The first-order valence-corrected chi connectivity index (χ1v) is 6.83. The normalized spacial score (nSPS) is 10.2. The van der Waals surface area contributed by atoms with E-state index in [0.717, 1.165) is 11.5 Å². The van der Waals surface area contributed by atoms with Gasteiger partial charge in [0.25, 0.3) is 5.91 Å². The van der Waals surface area contributed by atoms with E-state index in [1.54, 1.807) is 12.1 Å². The molecule has 2 aromatic rings. The molecule has 0 bridgehead atoms. The second-order valence-corrected chi connectivity index (χ2v) is 4.96. The monoisotopic (exact) mass is 292 g/mol. The Morgan fingerprint density at radius 1 is 1.47 bits per heavy atom. The van der Waals surface area contributed by atoms with E-state index in [4.69, 9.17) is 18.0 Å². The third-order valence-corrected chi connectivity index (χ3v) is 3.52. The predicted octanol–water partition coefficient (Wildman–Crippen LogP) is 1.99. The Kier molecular flexibility index (Phi) is 4.18. The molecule has 1 heterocycles. The molecule has 0 fully saturated rings. The first-order chi connectivity index (χ1) is 9.13. The topological polar surface area (TPSA) is 80.9 Å². The van der Waals surface area contributed by atoms with Gasteiger partial charge in [-0.25, -0.2) is 0 Å². The average Bonchev–Trinajstić information content (AvgIpc) is 2.87. The molecule has 0 atom stereocenters. The molecule has 98 valence electrons. The Hall–Kier alpha value is -1.86. The van der Waals surface area contributed by atoms with Gasteiger partial charge in [-0.3, -0.25) is 4.79 Å². The number of hydrogen-bond acceptors (Lipinski definition) is 5. The summed E-state index contributed by atoms with van der Waals surface area (Å²) in [5.41, 5.74) is 7.55. The Balaban J connectivity index is 2.27. The highest BCUT2D eigenvalue weighted by molar-refractivity contribution is 7.80. The van der Waals surface area contributed by atoms with Gasteiger partial charge >= 0.3 is 0 Å². The summed E-state index contributed by atoms with van der Waals surface area (Å²) in [6, 6.07) is 7.15. The van der Waals surface area contributed by atoms with Crippen molar-refractivity contribution in [3.63, 3.8) is 0 Å². The van der Waals surface area contributed by atoms with Crippen molar-refractivity contribution in [1.29, 1.82) is 0 Å². The number of amides is 1. The number of aromatic nitrogens is 2. The molecule has 0 spiro atoms. The van der Waals surface area contributed by atoms with Crippen molar-refractivity contribution in [2.45, 2.75) is 13.3 Å². The van der Waals surface area contributed by atoms with Crippen LogP contribution in [0.3, 0.4) is 0 Å². The first-order valence-electron chi connectivity index (χ1n) is 5.65. The molecule has 0 aliphatic carbocycles. The number of carbonyl (C=O) groups is 1. The maximum atomic E-state index is 12.2. The summed E-state index contributed by atoms with van der Waals surface area (Å²) in [6.45, 7) is 1.93. The van der Waals surface area contributed by atoms with E-state index in [2.05, 4.69) is 14.9 Å². The number of thiocarbonyl (C=S) groups is 1. The maximum absolute atomic E-state index is 12.2. The Labute approximate surface area is 120 Å². The summed E-state index contributed by atoms with van der Waals surface area (Å²) < 4.78 is 3.79. The van der Waals surface area contributed by atoms with E-state index in [9.17, 15) is 4.79 Å². The zero-order valence-corrected chi connectivity index (χ0v) is 11.8. The molecule has 1 amide bonds. The average molecular weight is 292 g/mol. The fourth-order valence-electron chi connectivity index (χ4n) is 1.60. The zero-order chi connectivity index (χ0) is 13.8. The smallest absolute Gasteiger partial charge is 0.269 e. The van der Waals surface area contributed by atoms with E-state index in [0.29, 0.717) is 28.2 Å². The summed E-state index contributed by atoms with van der Waals surface area (Å²) in [4.78, 5) is 12.9. The van der Waals surface area contributed by atoms with Crippen LogP contribution >= 0.6 is 23.8 Å². The van der Waals surface area contributed by atoms with Crippen LogP contribution in [0.2, 0.25) is 0 Å². The van der Waals surface area contributed by atoms with Crippen LogP contribution in [0.5, 0.6) is 0 Å². The minimum Gasteiger partial charge on any atom is -0.389 e. The van der Waals surface area contributed by atoms with Crippen molar-refractivity contribution in [3.8, 4) is 0 Å². The lowest BCUT2D eigenvalue weighted by Gasteiger charge is -2.09. The van der Waals surface area contributed by atoms with E-state index in [-0.39, 0.29) is 10.9 Å². The Morgan fingerprint density at radius 2 is 2.21 bits per heavy atom. The van der Waals surface area contributed by atoms with Gasteiger partial charge in [0.05, 0.1) is 11.4 Å². The highest BCUT2D eigenvalue weighted by atomic mass is 32.1. The van der Waals surface area contributed by atoms with Gasteiger partial charge in [-0.2, -0.15) is 0 Å². The fraction of sp³-hybridized carbons (Fsp3) is 0.167. The van der Waals surface area contributed by atoms with Crippen molar-refractivity contribution in [2.24, 2.45) is 5.73 Å². The third-order valence-electron chi connectivity index (χ3n) is 2.54. The van der Waals surface area contributed by atoms with Gasteiger partial charge in [-0.05, 0) is 30.1 Å². The molecular weight excluding hydrogens is 280 g/mol. The predicted molar refractivity (Wildman–Crippen MR) is 79.6 cm³/mol. The van der Waals surface area contributed by atoms with Gasteiger partial charge in [-0.1, -0.05) is 35.8 Å². The van der Waals surface area contributed by atoms with Gasteiger partial charge in [0.1, 0.15) is 9.87 Å². The highest BCUT2D eigenvalue weighted by Gasteiger charge is 2.16. The molecule has 7 heteroatoms. The number of benzene rings is 1. The minimum absolute atomic E-state index is 0.240. The van der Waals surface area contributed by atoms with Crippen LogP contribution in [0, 0.1) is 0 Å².